The van der Waals surface area contributed by atoms with Gasteiger partial charge in [-0.05, 0) is 42.7 Å². The number of nitrogens with one attached hydrogen (secondary N) is 1. The van der Waals surface area contributed by atoms with Gasteiger partial charge in [0.25, 0.3) is 0 Å². The van der Waals surface area contributed by atoms with Crippen LogP contribution in [-0.2, 0) is 16.6 Å². The number of pyridine rings is 1. The lowest BCUT2D eigenvalue weighted by Crippen LogP contribution is -2.40. The van der Waals surface area contributed by atoms with E-state index in [9.17, 15) is 0 Å². The lowest BCUT2D eigenvalue weighted by Gasteiger charge is -2.37. The third-order valence-corrected chi connectivity index (χ3v) is 5.47. The van der Waals surface area contributed by atoms with Gasteiger partial charge in [0.2, 0.25) is 0 Å². The number of nitrogens with two attached hydrogens (primary N) is 1. The summed E-state index contributed by atoms with van der Waals surface area (Å²) >= 11 is 12.6. The van der Waals surface area contributed by atoms with Gasteiger partial charge < -0.3 is 15.8 Å². The molecule has 144 valence electrons. The number of aliphatic imine (C=N–C) groups is 1. The quantitative estimate of drug-likeness (QED) is 0.567. The van der Waals surface area contributed by atoms with Gasteiger partial charge in [-0.2, -0.15) is 0 Å². The molecule has 0 unspecified atom stereocenters. The van der Waals surface area contributed by atoms with E-state index < -0.39 is 0 Å². The van der Waals surface area contributed by atoms with Crippen molar-refractivity contribution in [2.45, 2.75) is 24.7 Å². The summed E-state index contributed by atoms with van der Waals surface area (Å²) in [5.41, 5.74) is 7.98. The molecule has 3 rings (SSSR count). The van der Waals surface area contributed by atoms with Crippen LogP contribution < -0.4 is 11.1 Å². The highest BCUT2D eigenvalue weighted by Gasteiger charge is 2.36. The van der Waals surface area contributed by atoms with Crippen LogP contribution in [0.2, 0.25) is 10.0 Å². The summed E-state index contributed by atoms with van der Waals surface area (Å²) in [7, 11) is 0. The van der Waals surface area contributed by atoms with Gasteiger partial charge in [-0.1, -0.05) is 35.3 Å². The summed E-state index contributed by atoms with van der Waals surface area (Å²) in [6, 6.07) is 11.5. The van der Waals surface area contributed by atoms with Crippen molar-refractivity contribution in [2.24, 2.45) is 10.7 Å². The van der Waals surface area contributed by atoms with Crippen LogP contribution in [0.5, 0.6) is 0 Å². The summed E-state index contributed by atoms with van der Waals surface area (Å²) in [5.74, 6) is 0.432. The third kappa shape index (κ3) is 5.34. The standard InChI is InChI=1S/C20H24Cl2N4O/c21-15-4-5-17(18(22)13-15)20(7-11-27-12-8-20)14-26-19(23)25-10-6-16-3-1-2-9-24-16/h1-5,9,13H,6-8,10-12,14H2,(H3,23,25,26). The summed E-state index contributed by atoms with van der Waals surface area (Å²) in [6.45, 7) is 2.60. The Bertz CT molecular complexity index is 777. The van der Waals surface area contributed by atoms with E-state index in [1.54, 1.807) is 12.3 Å². The maximum absolute atomic E-state index is 6.49. The molecule has 2 heterocycles. The molecule has 0 spiro atoms. The highest BCUT2D eigenvalue weighted by Crippen LogP contribution is 2.39. The molecule has 1 aromatic heterocycles. The Kier molecular flexibility index (Phi) is 6.94. The molecule has 1 fully saturated rings. The van der Waals surface area contributed by atoms with Gasteiger partial charge >= 0.3 is 0 Å². The van der Waals surface area contributed by atoms with Gasteiger partial charge in [-0.3, -0.25) is 9.98 Å². The minimum atomic E-state index is -0.187. The maximum atomic E-state index is 6.49. The molecule has 0 amide bonds. The number of hydrogen-bond acceptors (Lipinski definition) is 3. The average molecular weight is 407 g/mol. The van der Waals surface area contributed by atoms with Gasteiger partial charge in [0.05, 0.1) is 6.54 Å². The van der Waals surface area contributed by atoms with Gasteiger partial charge in [-0.25, -0.2) is 0 Å². The Morgan fingerprint density at radius 2 is 2.04 bits per heavy atom. The topological polar surface area (TPSA) is 72.5 Å². The predicted octanol–water partition coefficient (Wildman–Crippen LogP) is 3.58. The van der Waals surface area contributed by atoms with Crippen LogP contribution in [0.15, 0.2) is 47.6 Å². The van der Waals surface area contributed by atoms with E-state index >= 15 is 0 Å². The molecule has 3 N–H and O–H groups in total. The molecule has 27 heavy (non-hydrogen) atoms. The van der Waals surface area contributed by atoms with Crippen molar-refractivity contribution in [1.29, 1.82) is 0 Å². The van der Waals surface area contributed by atoms with Crippen molar-refractivity contribution >= 4 is 29.2 Å². The molecule has 1 aliphatic rings. The van der Waals surface area contributed by atoms with E-state index in [1.165, 1.54) is 0 Å². The molecule has 0 aliphatic carbocycles. The SMILES string of the molecule is NC(=NCC1(c2ccc(Cl)cc2Cl)CCOCC1)NCCc1ccccn1. The molecule has 1 aliphatic heterocycles. The fraction of sp³-hybridized carbons (Fsp3) is 0.400. The van der Waals surface area contributed by atoms with E-state index in [-0.39, 0.29) is 5.41 Å². The highest BCUT2D eigenvalue weighted by molar-refractivity contribution is 6.35. The number of aromatic nitrogens is 1. The Morgan fingerprint density at radius 3 is 2.74 bits per heavy atom. The van der Waals surface area contributed by atoms with Crippen molar-refractivity contribution in [3.8, 4) is 0 Å². The molecule has 7 heteroatoms. The minimum Gasteiger partial charge on any atom is -0.381 e. The van der Waals surface area contributed by atoms with E-state index in [0.717, 1.165) is 30.5 Å². The van der Waals surface area contributed by atoms with Crippen molar-refractivity contribution in [1.82, 2.24) is 10.3 Å². The number of ether oxygens (including phenoxy) is 1. The Hall–Kier alpha value is -1.82. The van der Waals surface area contributed by atoms with Crippen LogP contribution in [0.4, 0.5) is 0 Å². The summed E-state index contributed by atoms with van der Waals surface area (Å²) < 4.78 is 5.56. The number of guanidine groups is 1. The van der Waals surface area contributed by atoms with Crippen molar-refractivity contribution in [2.75, 3.05) is 26.3 Å². The molecule has 5 nitrogen and oxygen atoms in total. The zero-order chi connectivity index (χ0) is 19.1. The Balaban J connectivity index is 1.66. The van der Waals surface area contributed by atoms with E-state index in [4.69, 9.17) is 33.7 Å². The number of halogens is 2. The second-order valence-electron chi connectivity index (χ2n) is 6.72. The molecule has 0 radical (unpaired) electrons. The molecule has 0 bridgehead atoms. The van der Waals surface area contributed by atoms with Crippen molar-refractivity contribution < 1.29 is 4.74 Å². The lowest BCUT2D eigenvalue weighted by atomic mass is 9.74. The first-order chi connectivity index (χ1) is 13.1. The molecule has 1 saturated heterocycles. The maximum Gasteiger partial charge on any atom is 0.188 e. The van der Waals surface area contributed by atoms with Crippen molar-refractivity contribution in [3.63, 3.8) is 0 Å². The average Bonchev–Trinajstić information content (AvgIpc) is 2.68. The first kappa shape index (κ1) is 19.9. The normalized spacial score (nSPS) is 16.9. The largest absolute Gasteiger partial charge is 0.381 e. The van der Waals surface area contributed by atoms with Crippen LogP contribution in [-0.4, -0.2) is 37.2 Å². The van der Waals surface area contributed by atoms with E-state index in [2.05, 4.69) is 15.3 Å². The first-order valence-corrected chi connectivity index (χ1v) is 9.82. The zero-order valence-corrected chi connectivity index (χ0v) is 16.6. The number of rotatable bonds is 6. The molecule has 1 aromatic carbocycles. The highest BCUT2D eigenvalue weighted by atomic mass is 35.5. The molecular weight excluding hydrogens is 383 g/mol. The molecular formula is C20H24Cl2N4O. The summed E-state index contributed by atoms with van der Waals surface area (Å²) in [4.78, 5) is 8.91. The number of nitrogens with zero attached hydrogens (tertiary/aromatic N) is 2. The van der Waals surface area contributed by atoms with Gasteiger partial charge in [0.15, 0.2) is 5.96 Å². The minimum absolute atomic E-state index is 0.187. The van der Waals surface area contributed by atoms with Crippen LogP contribution >= 0.6 is 23.2 Å². The molecule has 0 saturated carbocycles. The Labute approximate surface area is 169 Å². The zero-order valence-electron chi connectivity index (χ0n) is 15.1. The first-order valence-electron chi connectivity index (χ1n) is 9.06. The van der Waals surface area contributed by atoms with Crippen LogP contribution in [0.1, 0.15) is 24.1 Å². The second-order valence-corrected chi connectivity index (χ2v) is 7.56. The van der Waals surface area contributed by atoms with Crippen LogP contribution in [0, 0.1) is 0 Å². The number of hydrogen-bond donors (Lipinski definition) is 2. The molecule has 2 aromatic rings. The smallest absolute Gasteiger partial charge is 0.188 e. The van der Waals surface area contributed by atoms with Crippen LogP contribution in [0.25, 0.3) is 0 Å². The Morgan fingerprint density at radius 1 is 1.22 bits per heavy atom. The van der Waals surface area contributed by atoms with Gasteiger partial charge in [0, 0.05) is 53.5 Å². The van der Waals surface area contributed by atoms with Crippen LogP contribution in [0.3, 0.4) is 0 Å². The van der Waals surface area contributed by atoms with E-state index in [1.807, 2.05) is 30.3 Å². The van der Waals surface area contributed by atoms with Gasteiger partial charge in [-0.15, -0.1) is 0 Å². The summed E-state index contributed by atoms with van der Waals surface area (Å²) in [5, 5.41) is 4.46. The fourth-order valence-corrected chi connectivity index (χ4v) is 3.96. The fourth-order valence-electron chi connectivity index (χ4n) is 3.35. The summed E-state index contributed by atoms with van der Waals surface area (Å²) in [6.07, 6.45) is 4.27. The van der Waals surface area contributed by atoms with E-state index in [0.29, 0.717) is 42.3 Å². The number of benzene rings is 1. The third-order valence-electron chi connectivity index (χ3n) is 4.92. The van der Waals surface area contributed by atoms with Crippen molar-refractivity contribution in [3.05, 3.63) is 63.9 Å². The molecule has 0 atom stereocenters. The predicted molar refractivity (Wildman–Crippen MR) is 111 cm³/mol. The lowest BCUT2D eigenvalue weighted by molar-refractivity contribution is 0.0531. The van der Waals surface area contributed by atoms with Gasteiger partial charge in [0.1, 0.15) is 0 Å². The second kappa shape index (κ2) is 9.40. The monoisotopic (exact) mass is 406 g/mol.